The van der Waals surface area contributed by atoms with Crippen LogP contribution in [0.25, 0.3) is 10.8 Å². The Balaban J connectivity index is 2.11. The third-order valence-electron chi connectivity index (χ3n) is 4.36. The van der Waals surface area contributed by atoms with Crippen LogP contribution in [0.15, 0.2) is 75.0 Å². The highest BCUT2D eigenvalue weighted by atomic mass is 79.9. The lowest BCUT2D eigenvalue weighted by Gasteiger charge is -2.28. The van der Waals surface area contributed by atoms with E-state index in [1.54, 1.807) is 0 Å². The number of allylic oxidation sites excluding steroid dienone is 1. The third kappa shape index (κ3) is 2.62. The van der Waals surface area contributed by atoms with Gasteiger partial charge in [0.1, 0.15) is 17.4 Å². The van der Waals surface area contributed by atoms with Crippen LogP contribution in [0.4, 0.5) is 0 Å². The van der Waals surface area contributed by atoms with Crippen molar-refractivity contribution in [2.45, 2.75) is 5.92 Å². The van der Waals surface area contributed by atoms with Gasteiger partial charge in [0.25, 0.3) is 0 Å². The molecule has 25 heavy (non-hydrogen) atoms. The number of nitrogens with two attached hydrogens (primary N) is 1. The van der Waals surface area contributed by atoms with E-state index in [1.807, 2.05) is 48.5 Å². The Morgan fingerprint density at radius 3 is 2.52 bits per heavy atom. The standard InChI is InChI=1S/C20H12Br2N2O/c21-13-6-7-14-12(8-13)9-16(22)19-18(14)17(11-4-2-1-3-5-11)15(10-23)20(24)25-19/h1-9,17H,24H2. The minimum atomic E-state index is -0.267. The summed E-state index contributed by atoms with van der Waals surface area (Å²) in [4.78, 5) is 0. The molecule has 0 radical (unpaired) electrons. The van der Waals surface area contributed by atoms with E-state index in [2.05, 4.69) is 44.0 Å². The van der Waals surface area contributed by atoms with Gasteiger partial charge >= 0.3 is 0 Å². The quantitative estimate of drug-likeness (QED) is 0.520. The first-order chi connectivity index (χ1) is 12.1. The topological polar surface area (TPSA) is 59.0 Å². The van der Waals surface area contributed by atoms with Crippen molar-refractivity contribution in [2.24, 2.45) is 5.73 Å². The number of rotatable bonds is 1. The molecule has 0 amide bonds. The van der Waals surface area contributed by atoms with Gasteiger partial charge in [0, 0.05) is 10.0 Å². The molecule has 1 unspecified atom stereocenters. The minimum absolute atomic E-state index is 0.154. The second-order valence-electron chi connectivity index (χ2n) is 5.80. The Labute approximate surface area is 162 Å². The molecule has 1 heterocycles. The van der Waals surface area contributed by atoms with Crippen LogP contribution in [0.5, 0.6) is 5.75 Å². The largest absolute Gasteiger partial charge is 0.439 e. The average molecular weight is 456 g/mol. The average Bonchev–Trinajstić information content (AvgIpc) is 2.61. The molecule has 3 nitrogen and oxygen atoms in total. The summed E-state index contributed by atoms with van der Waals surface area (Å²) in [5.41, 5.74) is 8.47. The molecule has 2 N–H and O–H groups in total. The molecule has 0 spiro atoms. The highest BCUT2D eigenvalue weighted by molar-refractivity contribution is 9.10. The molecule has 0 saturated carbocycles. The maximum absolute atomic E-state index is 9.72. The predicted octanol–water partition coefficient (Wildman–Crippen LogP) is 5.58. The molecule has 1 aliphatic rings. The first-order valence-electron chi connectivity index (χ1n) is 7.64. The van der Waals surface area contributed by atoms with Crippen LogP contribution in [-0.2, 0) is 0 Å². The van der Waals surface area contributed by atoms with Crippen LogP contribution in [0.2, 0.25) is 0 Å². The van der Waals surface area contributed by atoms with Crippen LogP contribution >= 0.6 is 31.9 Å². The van der Waals surface area contributed by atoms with Gasteiger partial charge in [-0.15, -0.1) is 0 Å². The zero-order valence-electron chi connectivity index (χ0n) is 13.0. The first kappa shape index (κ1) is 16.2. The van der Waals surface area contributed by atoms with E-state index in [9.17, 15) is 5.26 Å². The number of ether oxygens (including phenoxy) is 1. The molecule has 1 aliphatic heterocycles. The molecule has 1 atom stereocenters. The monoisotopic (exact) mass is 454 g/mol. The van der Waals surface area contributed by atoms with Crippen LogP contribution < -0.4 is 10.5 Å². The van der Waals surface area contributed by atoms with Crippen LogP contribution in [0.3, 0.4) is 0 Å². The van der Waals surface area contributed by atoms with Crippen molar-refractivity contribution >= 4 is 42.6 Å². The summed E-state index contributed by atoms with van der Waals surface area (Å²) in [6.45, 7) is 0. The zero-order valence-corrected chi connectivity index (χ0v) is 16.1. The zero-order chi connectivity index (χ0) is 17.6. The van der Waals surface area contributed by atoms with Gasteiger partial charge in [-0.1, -0.05) is 52.3 Å². The summed E-state index contributed by atoms with van der Waals surface area (Å²) >= 11 is 7.12. The van der Waals surface area contributed by atoms with Gasteiger partial charge in [-0.2, -0.15) is 5.26 Å². The van der Waals surface area contributed by atoms with Gasteiger partial charge in [-0.3, -0.25) is 0 Å². The molecule has 3 aromatic rings. The van der Waals surface area contributed by atoms with Crippen molar-refractivity contribution in [3.8, 4) is 11.8 Å². The van der Waals surface area contributed by atoms with Crippen molar-refractivity contribution in [3.63, 3.8) is 0 Å². The minimum Gasteiger partial charge on any atom is -0.439 e. The van der Waals surface area contributed by atoms with Gasteiger partial charge in [0.2, 0.25) is 5.88 Å². The Hall–Kier alpha value is -2.29. The van der Waals surface area contributed by atoms with Crippen LogP contribution in [0.1, 0.15) is 17.0 Å². The maximum atomic E-state index is 9.72. The third-order valence-corrected chi connectivity index (χ3v) is 5.44. The second kappa shape index (κ2) is 6.21. The maximum Gasteiger partial charge on any atom is 0.205 e. The SMILES string of the molecule is N#CC1=C(N)Oc2c(Br)cc3cc(Br)ccc3c2C1c1ccccc1. The fourth-order valence-corrected chi connectivity index (χ4v) is 4.21. The number of hydrogen-bond acceptors (Lipinski definition) is 3. The van der Waals surface area contributed by atoms with Crippen molar-refractivity contribution in [1.29, 1.82) is 5.26 Å². The Kier molecular flexibility index (Phi) is 4.03. The van der Waals surface area contributed by atoms with Gasteiger partial charge in [-0.05, 0) is 50.5 Å². The molecule has 0 aliphatic carbocycles. The van der Waals surface area contributed by atoms with Crippen molar-refractivity contribution in [3.05, 3.63) is 86.1 Å². The summed E-state index contributed by atoms with van der Waals surface area (Å²) < 4.78 is 7.64. The number of halogens is 2. The highest BCUT2D eigenvalue weighted by Crippen LogP contribution is 2.49. The number of fused-ring (bicyclic) bond motifs is 3. The second-order valence-corrected chi connectivity index (χ2v) is 7.57. The Morgan fingerprint density at radius 2 is 1.80 bits per heavy atom. The van der Waals surface area contributed by atoms with Gasteiger partial charge < -0.3 is 10.5 Å². The lowest BCUT2D eigenvalue weighted by atomic mass is 9.81. The highest BCUT2D eigenvalue weighted by Gasteiger charge is 2.33. The van der Waals surface area contributed by atoms with Gasteiger partial charge in [0.15, 0.2) is 0 Å². The fraction of sp³-hybridized carbons (Fsp3) is 0.0500. The van der Waals surface area contributed by atoms with Crippen LogP contribution in [-0.4, -0.2) is 0 Å². The van der Waals surface area contributed by atoms with Gasteiger partial charge in [-0.25, -0.2) is 0 Å². The molecule has 0 saturated heterocycles. The summed E-state index contributed by atoms with van der Waals surface area (Å²) in [6, 6.07) is 20.2. The number of hydrogen-bond donors (Lipinski definition) is 1. The smallest absolute Gasteiger partial charge is 0.205 e. The van der Waals surface area contributed by atoms with E-state index in [0.717, 1.165) is 30.8 Å². The lowest BCUT2D eigenvalue weighted by molar-refractivity contribution is 0.392. The molecule has 3 aromatic carbocycles. The number of benzene rings is 3. The summed E-state index contributed by atoms with van der Waals surface area (Å²) in [5, 5.41) is 11.8. The summed E-state index contributed by atoms with van der Waals surface area (Å²) in [7, 11) is 0. The van der Waals surface area contributed by atoms with Crippen molar-refractivity contribution < 1.29 is 4.74 Å². The predicted molar refractivity (Wildman–Crippen MR) is 105 cm³/mol. The van der Waals surface area contributed by atoms with E-state index in [4.69, 9.17) is 10.5 Å². The van der Waals surface area contributed by atoms with Crippen molar-refractivity contribution in [2.75, 3.05) is 0 Å². The molecular formula is C20H12Br2N2O. The van der Waals surface area contributed by atoms with E-state index in [1.165, 1.54) is 0 Å². The normalized spacial score (nSPS) is 16.3. The molecule has 0 fully saturated rings. The Morgan fingerprint density at radius 1 is 1.04 bits per heavy atom. The fourth-order valence-electron chi connectivity index (χ4n) is 3.29. The van der Waals surface area contributed by atoms with E-state index in [-0.39, 0.29) is 11.8 Å². The molecule has 0 aromatic heterocycles. The number of nitrogens with zero attached hydrogens (tertiary/aromatic N) is 1. The number of nitriles is 1. The van der Waals surface area contributed by atoms with Crippen LogP contribution in [0, 0.1) is 11.3 Å². The van der Waals surface area contributed by atoms with E-state index >= 15 is 0 Å². The van der Waals surface area contributed by atoms with Crippen molar-refractivity contribution in [1.82, 2.24) is 0 Å². The first-order valence-corrected chi connectivity index (χ1v) is 9.23. The summed E-state index contributed by atoms with van der Waals surface area (Å²) in [5.74, 6) is 0.553. The molecule has 5 heteroatoms. The summed E-state index contributed by atoms with van der Waals surface area (Å²) in [6.07, 6.45) is 0. The molecular weight excluding hydrogens is 444 g/mol. The van der Waals surface area contributed by atoms with E-state index < -0.39 is 0 Å². The molecule has 122 valence electrons. The Bertz CT molecular complexity index is 1070. The lowest BCUT2D eigenvalue weighted by Crippen LogP contribution is -2.21. The van der Waals surface area contributed by atoms with Gasteiger partial charge in [0.05, 0.1) is 10.4 Å². The molecule has 4 rings (SSSR count). The van der Waals surface area contributed by atoms with E-state index in [0.29, 0.717) is 11.3 Å². The molecule has 0 bridgehead atoms.